The number of nitrogens with zero attached hydrogens (tertiary/aromatic N) is 1. The number of hydrogen-bond donors (Lipinski definition) is 1. The monoisotopic (exact) mass is 247 g/mol. The molecule has 0 saturated heterocycles. The predicted octanol–water partition coefficient (Wildman–Crippen LogP) is 2.31. The summed E-state index contributed by atoms with van der Waals surface area (Å²) in [6.07, 6.45) is 0.867. The van der Waals surface area contributed by atoms with Crippen LogP contribution in [0, 0.1) is 17.5 Å². The van der Waals surface area contributed by atoms with Gasteiger partial charge in [0.1, 0.15) is 0 Å². The van der Waals surface area contributed by atoms with Crippen molar-refractivity contribution in [2.75, 3.05) is 19.7 Å². The highest BCUT2D eigenvalue weighted by atomic mass is 19.2. The van der Waals surface area contributed by atoms with Crippen LogP contribution in [-0.4, -0.2) is 29.7 Å². The van der Waals surface area contributed by atoms with Crippen molar-refractivity contribution in [3.63, 3.8) is 0 Å². The number of rotatable bonds is 6. The van der Waals surface area contributed by atoms with Crippen LogP contribution in [0.25, 0.3) is 0 Å². The van der Waals surface area contributed by atoms with Crippen LogP contribution in [0.1, 0.15) is 18.9 Å². The Morgan fingerprint density at radius 1 is 1.12 bits per heavy atom. The molecule has 0 aliphatic carbocycles. The molecule has 1 aromatic carbocycles. The molecule has 0 heterocycles. The largest absolute Gasteiger partial charge is 0.395 e. The van der Waals surface area contributed by atoms with Crippen LogP contribution in [-0.2, 0) is 6.54 Å². The molecule has 0 aliphatic rings. The van der Waals surface area contributed by atoms with Gasteiger partial charge in [-0.15, -0.1) is 0 Å². The van der Waals surface area contributed by atoms with Gasteiger partial charge in [-0.3, -0.25) is 4.90 Å². The molecule has 0 amide bonds. The molecule has 0 saturated carbocycles. The Labute approximate surface area is 98.7 Å². The van der Waals surface area contributed by atoms with Crippen molar-refractivity contribution in [2.45, 2.75) is 19.9 Å². The molecule has 1 N–H and O–H groups in total. The Morgan fingerprint density at radius 2 is 1.71 bits per heavy atom. The zero-order valence-corrected chi connectivity index (χ0v) is 9.72. The average molecular weight is 247 g/mol. The maximum absolute atomic E-state index is 13.0. The Kier molecular flexibility index (Phi) is 5.44. The summed E-state index contributed by atoms with van der Waals surface area (Å²) in [4.78, 5) is 1.85. The van der Waals surface area contributed by atoms with Gasteiger partial charge in [-0.25, -0.2) is 13.2 Å². The standard InChI is InChI=1S/C12H16F3NO/c1-2-3-16(4-5-17)8-9-6-10(13)12(15)11(14)7-9/h6-7,17H,2-5,8H2,1H3. The van der Waals surface area contributed by atoms with Crippen molar-refractivity contribution >= 4 is 0 Å². The third kappa shape index (κ3) is 4.02. The van der Waals surface area contributed by atoms with Gasteiger partial charge in [0, 0.05) is 13.1 Å². The van der Waals surface area contributed by atoms with Gasteiger partial charge in [0.15, 0.2) is 17.5 Å². The molecule has 0 radical (unpaired) electrons. The second-order valence-corrected chi connectivity index (χ2v) is 3.87. The molecule has 1 aromatic rings. The third-order valence-corrected chi connectivity index (χ3v) is 2.41. The lowest BCUT2D eigenvalue weighted by Gasteiger charge is -2.20. The lowest BCUT2D eigenvalue weighted by atomic mass is 10.2. The summed E-state index contributed by atoms with van der Waals surface area (Å²) >= 11 is 0. The molecule has 0 atom stereocenters. The van der Waals surface area contributed by atoms with Gasteiger partial charge >= 0.3 is 0 Å². The van der Waals surface area contributed by atoms with E-state index in [-0.39, 0.29) is 6.61 Å². The predicted molar refractivity (Wildman–Crippen MR) is 59.0 cm³/mol. The highest BCUT2D eigenvalue weighted by molar-refractivity contribution is 5.19. The molecule has 0 unspecified atom stereocenters. The number of halogens is 3. The second-order valence-electron chi connectivity index (χ2n) is 3.87. The van der Waals surface area contributed by atoms with Crippen molar-refractivity contribution in [1.29, 1.82) is 0 Å². The molecule has 0 fully saturated rings. The summed E-state index contributed by atoms with van der Waals surface area (Å²) < 4.78 is 38.7. The van der Waals surface area contributed by atoms with Crippen molar-refractivity contribution in [3.05, 3.63) is 35.1 Å². The van der Waals surface area contributed by atoms with Crippen LogP contribution in [0.4, 0.5) is 13.2 Å². The Bertz CT molecular complexity index is 342. The zero-order valence-electron chi connectivity index (χ0n) is 9.72. The molecule has 0 bridgehead atoms. The highest BCUT2D eigenvalue weighted by Gasteiger charge is 2.12. The smallest absolute Gasteiger partial charge is 0.194 e. The summed E-state index contributed by atoms with van der Waals surface area (Å²) in [5, 5.41) is 8.84. The van der Waals surface area contributed by atoms with E-state index in [1.165, 1.54) is 0 Å². The topological polar surface area (TPSA) is 23.5 Å². The summed E-state index contributed by atoms with van der Waals surface area (Å²) in [6, 6.07) is 1.97. The van der Waals surface area contributed by atoms with Gasteiger partial charge in [0.2, 0.25) is 0 Å². The summed E-state index contributed by atoms with van der Waals surface area (Å²) in [5.74, 6) is -3.81. The van der Waals surface area contributed by atoms with E-state index in [1.807, 2.05) is 11.8 Å². The third-order valence-electron chi connectivity index (χ3n) is 2.41. The maximum atomic E-state index is 13.0. The van der Waals surface area contributed by atoms with Crippen LogP contribution >= 0.6 is 0 Å². The van der Waals surface area contributed by atoms with Crippen LogP contribution < -0.4 is 0 Å². The van der Waals surface area contributed by atoms with Gasteiger partial charge in [-0.1, -0.05) is 6.92 Å². The van der Waals surface area contributed by atoms with Crippen LogP contribution in [0.15, 0.2) is 12.1 Å². The van der Waals surface area contributed by atoms with E-state index in [0.717, 1.165) is 18.6 Å². The number of aliphatic hydroxyl groups is 1. The van der Waals surface area contributed by atoms with E-state index in [2.05, 4.69) is 0 Å². The van der Waals surface area contributed by atoms with Gasteiger partial charge in [-0.2, -0.15) is 0 Å². The van der Waals surface area contributed by atoms with Gasteiger partial charge in [-0.05, 0) is 30.7 Å². The van der Waals surface area contributed by atoms with Gasteiger partial charge in [0.25, 0.3) is 0 Å². The number of benzene rings is 1. The molecule has 5 heteroatoms. The molecule has 1 rings (SSSR count). The summed E-state index contributed by atoms with van der Waals surface area (Å²) in [6.45, 7) is 3.38. The van der Waals surface area contributed by atoms with Crippen molar-refractivity contribution in [1.82, 2.24) is 4.90 Å². The molecule has 0 spiro atoms. The molecule has 2 nitrogen and oxygen atoms in total. The Balaban J connectivity index is 2.78. The summed E-state index contributed by atoms with van der Waals surface area (Å²) in [5.41, 5.74) is 0.364. The SMILES string of the molecule is CCCN(CCO)Cc1cc(F)c(F)c(F)c1. The number of aliphatic hydroxyl groups excluding tert-OH is 1. The fourth-order valence-electron chi connectivity index (χ4n) is 1.69. The van der Waals surface area contributed by atoms with Crippen LogP contribution in [0.5, 0.6) is 0 Å². The Hall–Kier alpha value is -1.07. The fourth-order valence-corrected chi connectivity index (χ4v) is 1.69. The molecular weight excluding hydrogens is 231 g/mol. The van der Waals surface area contributed by atoms with Crippen LogP contribution in [0.3, 0.4) is 0 Å². The minimum atomic E-state index is -1.45. The van der Waals surface area contributed by atoms with E-state index in [9.17, 15) is 13.2 Å². The number of hydrogen-bond acceptors (Lipinski definition) is 2. The second kappa shape index (κ2) is 6.61. The quantitative estimate of drug-likeness (QED) is 0.780. The van der Waals surface area contributed by atoms with E-state index >= 15 is 0 Å². The van der Waals surface area contributed by atoms with E-state index in [0.29, 0.717) is 25.2 Å². The van der Waals surface area contributed by atoms with Crippen LogP contribution in [0.2, 0.25) is 0 Å². The molecule has 17 heavy (non-hydrogen) atoms. The summed E-state index contributed by atoms with van der Waals surface area (Å²) in [7, 11) is 0. The normalized spacial score (nSPS) is 11.2. The van der Waals surface area contributed by atoms with Crippen molar-refractivity contribution in [2.24, 2.45) is 0 Å². The first-order chi connectivity index (χ1) is 8.08. The fraction of sp³-hybridized carbons (Fsp3) is 0.500. The molecular formula is C12H16F3NO. The lowest BCUT2D eigenvalue weighted by molar-refractivity contribution is 0.190. The minimum absolute atomic E-state index is 0.0217. The average Bonchev–Trinajstić information content (AvgIpc) is 2.26. The van der Waals surface area contributed by atoms with Crippen molar-refractivity contribution in [3.8, 4) is 0 Å². The Morgan fingerprint density at radius 3 is 2.18 bits per heavy atom. The molecule has 96 valence electrons. The first-order valence-corrected chi connectivity index (χ1v) is 5.55. The van der Waals surface area contributed by atoms with E-state index < -0.39 is 17.5 Å². The molecule has 0 aromatic heterocycles. The first-order valence-electron chi connectivity index (χ1n) is 5.55. The zero-order chi connectivity index (χ0) is 12.8. The van der Waals surface area contributed by atoms with E-state index in [4.69, 9.17) is 5.11 Å². The van der Waals surface area contributed by atoms with E-state index in [1.54, 1.807) is 0 Å². The molecule has 0 aliphatic heterocycles. The first kappa shape index (κ1) is 14.0. The van der Waals surface area contributed by atoms with Gasteiger partial charge < -0.3 is 5.11 Å². The van der Waals surface area contributed by atoms with Gasteiger partial charge in [0.05, 0.1) is 6.61 Å². The highest BCUT2D eigenvalue weighted by Crippen LogP contribution is 2.15. The maximum Gasteiger partial charge on any atom is 0.194 e. The minimum Gasteiger partial charge on any atom is -0.395 e. The van der Waals surface area contributed by atoms with Crippen molar-refractivity contribution < 1.29 is 18.3 Å². The lowest BCUT2D eigenvalue weighted by Crippen LogP contribution is -2.27.